The van der Waals surface area contributed by atoms with E-state index in [0.717, 1.165) is 18.6 Å². The molecule has 1 aliphatic carbocycles. The van der Waals surface area contributed by atoms with E-state index in [9.17, 15) is 8.42 Å². The molecule has 1 fully saturated rings. The normalized spacial score (nSPS) is 16.9. The van der Waals surface area contributed by atoms with Crippen LogP contribution in [0.5, 0.6) is 0 Å². The van der Waals surface area contributed by atoms with Crippen molar-refractivity contribution in [1.82, 2.24) is 4.83 Å². The quantitative estimate of drug-likeness (QED) is 0.676. The minimum absolute atomic E-state index is 0.161. The van der Waals surface area contributed by atoms with Gasteiger partial charge in [0.05, 0.1) is 4.90 Å². The molecule has 1 aromatic carbocycles. The Morgan fingerprint density at radius 2 is 1.94 bits per heavy atom. The maximum atomic E-state index is 11.8. The maximum absolute atomic E-state index is 11.8. The third-order valence-corrected chi connectivity index (χ3v) is 4.11. The monoisotopic (exact) mass is 272 g/mol. The van der Waals surface area contributed by atoms with Gasteiger partial charge in [0.15, 0.2) is 0 Å². The summed E-state index contributed by atoms with van der Waals surface area (Å²) < 4.78 is 23.7. The summed E-state index contributed by atoms with van der Waals surface area (Å²) >= 11 is 5.70. The fraction of sp³-hybridized carbons (Fsp3) is 0.364. The molecular formula is C11H13ClN2O2S. The molecular weight excluding hydrogens is 260 g/mol. The van der Waals surface area contributed by atoms with Crippen LogP contribution in [0.4, 0.5) is 0 Å². The van der Waals surface area contributed by atoms with Gasteiger partial charge in [-0.3, -0.25) is 0 Å². The van der Waals surface area contributed by atoms with Gasteiger partial charge in [0.25, 0.3) is 10.0 Å². The standard InChI is InChI=1S/C11H13ClN2O2S/c1-8(9-2-3-9)13-14-17(15,16)11-6-4-10(12)5-7-11/h4-7,9,14H,2-3H2,1H3. The van der Waals surface area contributed by atoms with Crippen LogP contribution in [0.2, 0.25) is 5.02 Å². The number of benzene rings is 1. The molecule has 0 aromatic heterocycles. The van der Waals surface area contributed by atoms with Crippen molar-refractivity contribution in [2.45, 2.75) is 24.7 Å². The van der Waals surface area contributed by atoms with E-state index in [2.05, 4.69) is 9.93 Å². The van der Waals surface area contributed by atoms with Crippen LogP contribution in [-0.2, 0) is 10.0 Å². The average molecular weight is 273 g/mol. The lowest BCUT2D eigenvalue weighted by atomic mass is 10.3. The number of sulfonamides is 1. The highest BCUT2D eigenvalue weighted by atomic mass is 35.5. The molecule has 0 aliphatic heterocycles. The highest BCUT2D eigenvalue weighted by molar-refractivity contribution is 7.89. The summed E-state index contributed by atoms with van der Waals surface area (Å²) in [6.45, 7) is 1.84. The van der Waals surface area contributed by atoms with E-state index < -0.39 is 10.0 Å². The van der Waals surface area contributed by atoms with Crippen LogP contribution in [-0.4, -0.2) is 14.1 Å². The zero-order valence-electron chi connectivity index (χ0n) is 9.35. The summed E-state index contributed by atoms with van der Waals surface area (Å²) in [5.74, 6) is 0.447. The van der Waals surface area contributed by atoms with Crippen LogP contribution < -0.4 is 4.83 Å². The molecule has 0 amide bonds. The zero-order chi connectivity index (χ0) is 12.5. The highest BCUT2D eigenvalue weighted by Crippen LogP contribution is 2.30. The second-order valence-electron chi connectivity index (χ2n) is 4.08. The molecule has 0 bridgehead atoms. The summed E-state index contributed by atoms with van der Waals surface area (Å²) in [6.07, 6.45) is 2.19. The van der Waals surface area contributed by atoms with Crippen LogP contribution >= 0.6 is 11.6 Å². The SMILES string of the molecule is CC(=NNS(=O)(=O)c1ccc(Cl)cc1)C1CC1. The van der Waals surface area contributed by atoms with Gasteiger partial charge in [-0.25, -0.2) is 4.83 Å². The first-order chi connectivity index (χ1) is 7.99. The Kier molecular flexibility index (Phi) is 3.40. The van der Waals surface area contributed by atoms with Gasteiger partial charge < -0.3 is 0 Å². The lowest BCUT2D eigenvalue weighted by molar-refractivity contribution is 0.584. The van der Waals surface area contributed by atoms with Crippen LogP contribution in [0, 0.1) is 5.92 Å². The van der Waals surface area contributed by atoms with Crippen LogP contribution in [0.1, 0.15) is 19.8 Å². The van der Waals surface area contributed by atoms with Crippen molar-refractivity contribution in [2.24, 2.45) is 11.0 Å². The number of nitrogens with zero attached hydrogens (tertiary/aromatic N) is 1. The van der Waals surface area contributed by atoms with Gasteiger partial charge in [-0.15, -0.1) is 0 Å². The topological polar surface area (TPSA) is 58.5 Å². The summed E-state index contributed by atoms with van der Waals surface area (Å²) in [5.41, 5.74) is 0.836. The van der Waals surface area contributed by atoms with Crippen molar-refractivity contribution < 1.29 is 8.42 Å². The Balaban J connectivity index is 2.13. The Hall–Kier alpha value is -1.07. The summed E-state index contributed by atoms with van der Waals surface area (Å²) in [6, 6.07) is 5.97. The molecule has 17 heavy (non-hydrogen) atoms. The Morgan fingerprint density at radius 1 is 1.35 bits per heavy atom. The molecule has 92 valence electrons. The van der Waals surface area contributed by atoms with Crippen molar-refractivity contribution in [3.63, 3.8) is 0 Å². The van der Waals surface area contributed by atoms with Gasteiger partial charge >= 0.3 is 0 Å². The molecule has 1 saturated carbocycles. The number of hydrogen-bond donors (Lipinski definition) is 1. The molecule has 4 nitrogen and oxygen atoms in total. The van der Waals surface area contributed by atoms with Crippen molar-refractivity contribution in [3.05, 3.63) is 29.3 Å². The smallest absolute Gasteiger partial charge is 0.200 e. The van der Waals surface area contributed by atoms with Crippen LogP contribution in [0.25, 0.3) is 0 Å². The number of rotatable bonds is 4. The largest absolute Gasteiger partial charge is 0.276 e. The Bertz CT molecular complexity index is 533. The summed E-state index contributed by atoms with van der Waals surface area (Å²) in [5, 5.41) is 4.40. The first-order valence-electron chi connectivity index (χ1n) is 5.30. The number of nitrogens with one attached hydrogen (secondary N) is 1. The summed E-state index contributed by atoms with van der Waals surface area (Å²) in [4.78, 5) is 2.39. The number of hydrogen-bond acceptors (Lipinski definition) is 3. The third-order valence-electron chi connectivity index (χ3n) is 2.63. The van der Waals surface area contributed by atoms with Gasteiger partial charge in [-0.05, 0) is 49.9 Å². The van der Waals surface area contributed by atoms with Crippen molar-refractivity contribution in [1.29, 1.82) is 0 Å². The molecule has 1 aliphatic rings. The molecule has 1 aromatic rings. The van der Waals surface area contributed by atoms with E-state index >= 15 is 0 Å². The zero-order valence-corrected chi connectivity index (χ0v) is 10.9. The van der Waals surface area contributed by atoms with Gasteiger partial charge in [-0.1, -0.05) is 11.6 Å². The first-order valence-corrected chi connectivity index (χ1v) is 7.17. The highest BCUT2D eigenvalue weighted by Gasteiger charge is 2.25. The summed E-state index contributed by atoms with van der Waals surface area (Å²) in [7, 11) is -3.57. The second kappa shape index (κ2) is 4.66. The van der Waals surface area contributed by atoms with Crippen molar-refractivity contribution >= 4 is 27.3 Å². The minimum atomic E-state index is -3.57. The third kappa shape index (κ3) is 3.20. The first kappa shape index (κ1) is 12.4. The van der Waals surface area contributed by atoms with E-state index in [1.54, 1.807) is 0 Å². The fourth-order valence-corrected chi connectivity index (χ4v) is 2.38. The van der Waals surface area contributed by atoms with Crippen molar-refractivity contribution in [3.8, 4) is 0 Å². The molecule has 6 heteroatoms. The molecule has 0 saturated heterocycles. The van der Waals surface area contributed by atoms with Crippen LogP contribution in [0.3, 0.4) is 0 Å². The molecule has 0 spiro atoms. The number of halogens is 1. The Morgan fingerprint density at radius 3 is 2.47 bits per heavy atom. The molecule has 0 atom stereocenters. The minimum Gasteiger partial charge on any atom is -0.200 e. The predicted octanol–water partition coefficient (Wildman–Crippen LogP) is 2.40. The Labute approximate surface area is 106 Å². The van der Waals surface area contributed by atoms with E-state index in [1.165, 1.54) is 24.3 Å². The second-order valence-corrected chi connectivity index (χ2v) is 6.17. The lowest BCUT2D eigenvalue weighted by Crippen LogP contribution is -2.20. The molecule has 2 rings (SSSR count). The maximum Gasteiger partial charge on any atom is 0.276 e. The fourth-order valence-electron chi connectivity index (χ4n) is 1.39. The van der Waals surface area contributed by atoms with E-state index in [0.29, 0.717) is 10.9 Å². The van der Waals surface area contributed by atoms with Gasteiger partial charge in [-0.2, -0.15) is 13.5 Å². The average Bonchev–Trinajstić information content (AvgIpc) is 3.10. The van der Waals surface area contributed by atoms with E-state index in [4.69, 9.17) is 11.6 Å². The van der Waals surface area contributed by atoms with Gasteiger partial charge in [0.2, 0.25) is 0 Å². The van der Waals surface area contributed by atoms with Crippen LogP contribution in [0.15, 0.2) is 34.3 Å². The molecule has 0 heterocycles. The molecule has 1 N–H and O–H groups in total. The predicted molar refractivity (Wildman–Crippen MR) is 67.6 cm³/mol. The van der Waals surface area contributed by atoms with E-state index in [-0.39, 0.29) is 4.90 Å². The number of hydrazone groups is 1. The van der Waals surface area contributed by atoms with E-state index in [1.807, 2.05) is 6.92 Å². The molecule has 0 radical (unpaired) electrons. The lowest BCUT2D eigenvalue weighted by Gasteiger charge is -2.04. The van der Waals surface area contributed by atoms with Crippen molar-refractivity contribution in [2.75, 3.05) is 0 Å². The molecule has 0 unspecified atom stereocenters. The van der Waals surface area contributed by atoms with Gasteiger partial charge in [0, 0.05) is 10.7 Å². The van der Waals surface area contributed by atoms with Gasteiger partial charge in [0.1, 0.15) is 0 Å².